The largest absolute Gasteiger partial charge is 0.490 e. The Morgan fingerprint density at radius 1 is 1.26 bits per heavy atom. The van der Waals surface area contributed by atoms with Gasteiger partial charge in [0.15, 0.2) is 0 Å². The van der Waals surface area contributed by atoms with Crippen LogP contribution in [0.4, 0.5) is 4.79 Å². The molecule has 2 atom stereocenters. The average molecular weight is 321 g/mol. The SMILES string of the molecule is CC(C)(C)OC(=O)N1CC2CC1C=C2B1OC(C)(C)C(C)(C)O1. The number of amides is 1. The molecule has 128 valence electrons. The summed E-state index contributed by atoms with van der Waals surface area (Å²) < 4.78 is 17.8. The van der Waals surface area contributed by atoms with Gasteiger partial charge >= 0.3 is 13.2 Å². The second-order valence-electron chi connectivity index (χ2n) is 8.89. The van der Waals surface area contributed by atoms with Crippen molar-refractivity contribution >= 4 is 13.2 Å². The molecule has 5 nitrogen and oxygen atoms in total. The molecule has 0 saturated carbocycles. The fourth-order valence-electron chi connectivity index (χ4n) is 3.40. The lowest BCUT2D eigenvalue weighted by atomic mass is 9.72. The van der Waals surface area contributed by atoms with Crippen LogP contribution in [-0.4, -0.2) is 47.5 Å². The van der Waals surface area contributed by atoms with Crippen LogP contribution in [0.25, 0.3) is 0 Å². The van der Waals surface area contributed by atoms with Gasteiger partial charge in [-0.2, -0.15) is 0 Å². The number of hydrogen-bond donors (Lipinski definition) is 0. The van der Waals surface area contributed by atoms with Gasteiger partial charge in [-0.3, -0.25) is 0 Å². The summed E-state index contributed by atoms with van der Waals surface area (Å²) in [6, 6.07) is 0.101. The topological polar surface area (TPSA) is 48.0 Å². The van der Waals surface area contributed by atoms with Crippen molar-refractivity contribution in [3.05, 3.63) is 11.5 Å². The van der Waals surface area contributed by atoms with E-state index in [1.54, 1.807) is 0 Å². The van der Waals surface area contributed by atoms with Crippen LogP contribution in [-0.2, 0) is 14.0 Å². The van der Waals surface area contributed by atoms with Crippen molar-refractivity contribution < 1.29 is 18.8 Å². The van der Waals surface area contributed by atoms with E-state index in [1.165, 1.54) is 5.47 Å². The minimum Gasteiger partial charge on any atom is -0.444 e. The number of nitrogens with zero attached hydrogens (tertiary/aromatic N) is 1. The van der Waals surface area contributed by atoms with Crippen molar-refractivity contribution in [2.24, 2.45) is 5.92 Å². The zero-order valence-corrected chi connectivity index (χ0v) is 15.3. The minimum atomic E-state index is -0.461. The molecule has 0 aromatic heterocycles. The van der Waals surface area contributed by atoms with Crippen LogP contribution >= 0.6 is 0 Å². The lowest BCUT2D eigenvalue weighted by molar-refractivity contribution is 0.00578. The third-order valence-corrected chi connectivity index (χ3v) is 5.35. The van der Waals surface area contributed by atoms with Gasteiger partial charge in [0.05, 0.1) is 17.2 Å². The van der Waals surface area contributed by atoms with Crippen LogP contribution in [0.1, 0.15) is 54.9 Å². The maximum absolute atomic E-state index is 12.3. The Morgan fingerprint density at radius 3 is 2.26 bits per heavy atom. The summed E-state index contributed by atoms with van der Waals surface area (Å²) in [5, 5.41) is 0. The smallest absolute Gasteiger partial charge is 0.444 e. The summed E-state index contributed by atoms with van der Waals surface area (Å²) in [5.41, 5.74) is 0.0709. The van der Waals surface area contributed by atoms with Gasteiger partial charge < -0.3 is 18.9 Å². The van der Waals surface area contributed by atoms with E-state index in [1.807, 2.05) is 25.7 Å². The molecule has 2 fully saturated rings. The summed E-state index contributed by atoms with van der Waals surface area (Å²) in [7, 11) is -0.296. The van der Waals surface area contributed by atoms with Crippen molar-refractivity contribution in [2.45, 2.75) is 77.7 Å². The first-order chi connectivity index (χ1) is 10.4. The highest BCUT2D eigenvalue weighted by Gasteiger charge is 2.56. The lowest BCUT2D eigenvalue weighted by Crippen LogP contribution is -2.42. The molecule has 0 aromatic carbocycles. The summed E-state index contributed by atoms with van der Waals surface area (Å²) in [4.78, 5) is 14.1. The second kappa shape index (κ2) is 4.99. The highest BCUT2D eigenvalue weighted by Crippen LogP contribution is 2.45. The molecule has 0 N–H and O–H groups in total. The van der Waals surface area contributed by atoms with Crippen LogP contribution in [0.15, 0.2) is 11.5 Å². The van der Waals surface area contributed by atoms with E-state index in [9.17, 15) is 4.79 Å². The number of rotatable bonds is 1. The summed E-state index contributed by atoms with van der Waals surface area (Å²) in [6.45, 7) is 14.6. The lowest BCUT2D eigenvalue weighted by Gasteiger charge is -2.32. The van der Waals surface area contributed by atoms with E-state index in [2.05, 4.69) is 33.8 Å². The maximum Gasteiger partial charge on any atom is 0.490 e. The number of ether oxygens (including phenoxy) is 1. The van der Waals surface area contributed by atoms with Gasteiger partial charge in [-0.25, -0.2) is 4.79 Å². The van der Waals surface area contributed by atoms with Crippen molar-refractivity contribution in [1.82, 2.24) is 4.90 Å². The Labute approximate surface area is 139 Å². The Kier molecular flexibility index (Phi) is 3.66. The fraction of sp³-hybridized carbons (Fsp3) is 0.824. The first-order valence-electron chi connectivity index (χ1n) is 8.46. The molecule has 2 unspecified atom stereocenters. The van der Waals surface area contributed by atoms with Gasteiger partial charge in [0.25, 0.3) is 0 Å². The van der Waals surface area contributed by atoms with Gasteiger partial charge in [-0.05, 0) is 66.3 Å². The van der Waals surface area contributed by atoms with Crippen LogP contribution < -0.4 is 0 Å². The van der Waals surface area contributed by atoms with Crippen molar-refractivity contribution in [2.75, 3.05) is 6.54 Å². The van der Waals surface area contributed by atoms with Gasteiger partial charge in [-0.15, -0.1) is 0 Å². The predicted octanol–water partition coefficient (Wildman–Crippen LogP) is 3.18. The highest BCUT2D eigenvalue weighted by molar-refractivity contribution is 6.55. The predicted molar refractivity (Wildman–Crippen MR) is 89.0 cm³/mol. The normalized spacial score (nSPS) is 31.5. The molecule has 2 bridgehead atoms. The van der Waals surface area contributed by atoms with Gasteiger partial charge in [0.1, 0.15) is 5.60 Å². The third-order valence-electron chi connectivity index (χ3n) is 5.35. The average Bonchev–Trinajstić information content (AvgIpc) is 2.98. The molecule has 3 aliphatic rings. The Balaban J connectivity index is 1.70. The summed E-state index contributed by atoms with van der Waals surface area (Å²) in [6.07, 6.45) is 2.85. The van der Waals surface area contributed by atoms with Crippen molar-refractivity contribution in [3.8, 4) is 0 Å². The van der Waals surface area contributed by atoms with E-state index in [0.717, 1.165) is 6.42 Å². The zero-order valence-electron chi connectivity index (χ0n) is 15.3. The molecule has 6 heteroatoms. The molecule has 2 saturated heterocycles. The molecular formula is C17H28BNO4. The van der Waals surface area contributed by atoms with E-state index < -0.39 is 5.60 Å². The van der Waals surface area contributed by atoms with Crippen LogP contribution in [0.2, 0.25) is 0 Å². The molecule has 0 aromatic rings. The number of carbonyl (C=O) groups is 1. The van der Waals surface area contributed by atoms with Gasteiger partial charge in [0.2, 0.25) is 0 Å². The molecule has 0 spiro atoms. The highest BCUT2D eigenvalue weighted by atomic mass is 16.7. The molecule has 3 rings (SSSR count). The molecular weight excluding hydrogens is 293 g/mol. The van der Waals surface area contributed by atoms with E-state index in [0.29, 0.717) is 12.5 Å². The molecule has 0 radical (unpaired) electrons. The van der Waals surface area contributed by atoms with Crippen molar-refractivity contribution in [3.63, 3.8) is 0 Å². The monoisotopic (exact) mass is 321 g/mol. The van der Waals surface area contributed by atoms with Crippen LogP contribution in [0.3, 0.4) is 0 Å². The molecule has 2 heterocycles. The minimum absolute atomic E-state index is 0.101. The maximum atomic E-state index is 12.3. The first-order valence-corrected chi connectivity index (χ1v) is 8.46. The van der Waals surface area contributed by atoms with E-state index in [-0.39, 0.29) is 30.5 Å². The Hall–Kier alpha value is -1.01. The molecule has 1 aliphatic carbocycles. The first kappa shape index (κ1) is 16.8. The zero-order chi connectivity index (χ0) is 17.2. The van der Waals surface area contributed by atoms with Gasteiger partial charge in [-0.1, -0.05) is 6.08 Å². The van der Waals surface area contributed by atoms with E-state index in [4.69, 9.17) is 14.0 Å². The quantitative estimate of drug-likeness (QED) is 0.696. The Bertz CT molecular complexity index is 533. The second-order valence-corrected chi connectivity index (χ2v) is 8.89. The standard InChI is InChI=1S/C17H28BNO4/c1-15(2,3)21-14(20)19-10-11-8-12(19)9-13(11)18-22-16(4,5)17(6,7)23-18/h9,11-12H,8,10H2,1-7H3. The van der Waals surface area contributed by atoms with Crippen LogP contribution in [0, 0.1) is 5.92 Å². The van der Waals surface area contributed by atoms with Crippen molar-refractivity contribution in [1.29, 1.82) is 0 Å². The Morgan fingerprint density at radius 2 is 1.83 bits per heavy atom. The van der Waals surface area contributed by atoms with Crippen LogP contribution in [0.5, 0.6) is 0 Å². The third kappa shape index (κ3) is 2.91. The molecule has 2 aliphatic heterocycles. The number of carbonyl (C=O) groups excluding carboxylic acids is 1. The summed E-state index contributed by atoms with van der Waals surface area (Å²) >= 11 is 0. The van der Waals surface area contributed by atoms with E-state index >= 15 is 0 Å². The van der Waals surface area contributed by atoms with Gasteiger partial charge in [0, 0.05) is 6.54 Å². The number of hydrogen-bond acceptors (Lipinski definition) is 4. The summed E-state index contributed by atoms with van der Waals surface area (Å²) in [5.74, 6) is 0.308. The number of fused-ring (bicyclic) bond motifs is 2. The fourth-order valence-corrected chi connectivity index (χ4v) is 3.40. The molecule has 1 amide bonds. The molecule has 23 heavy (non-hydrogen) atoms. The number of likely N-dealkylation sites (tertiary alicyclic amines) is 1.